The van der Waals surface area contributed by atoms with Crippen molar-refractivity contribution in [3.63, 3.8) is 0 Å². The molecule has 1 fully saturated rings. The van der Waals surface area contributed by atoms with Crippen LogP contribution in [-0.2, 0) is 0 Å². The van der Waals surface area contributed by atoms with Gasteiger partial charge in [0.15, 0.2) is 5.11 Å². The molecule has 0 aliphatic carbocycles. The Hall–Kier alpha value is -2.76. The summed E-state index contributed by atoms with van der Waals surface area (Å²) in [4.78, 5) is 4.50. The highest BCUT2D eigenvalue weighted by molar-refractivity contribution is 7.80. The minimum Gasteiger partial charge on any atom is -0.495 e. The van der Waals surface area contributed by atoms with Crippen LogP contribution < -0.4 is 15.0 Å². The van der Waals surface area contributed by atoms with Crippen LogP contribution in [0, 0.1) is 0 Å². The molecule has 0 unspecified atom stereocenters. The van der Waals surface area contributed by atoms with Gasteiger partial charge in [-0.2, -0.15) is 0 Å². The zero-order valence-electron chi connectivity index (χ0n) is 16.8. The van der Waals surface area contributed by atoms with Crippen molar-refractivity contribution >= 4 is 40.3 Å². The van der Waals surface area contributed by atoms with Crippen LogP contribution in [0.15, 0.2) is 72.8 Å². The van der Waals surface area contributed by atoms with Gasteiger partial charge in [-0.05, 0) is 47.6 Å². The van der Waals surface area contributed by atoms with E-state index in [1.165, 1.54) is 0 Å². The molecular formula is C24H24ClN3OS. The van der Waals surface area contributed by atoms with Crippen LogP contribution in [0.3, 0.4) is 0 Å². The molecule has 4 rings (SSSR count). The van der Waals surface area contributed by atoms with Gasteiger partial charge in [-0.25, -0.2) is 0 Å². The number of hydrogen-bond donors (Lipinski definition) is 1. The van der Waals surface area contributed by atoms with Crippen LogP contribution in [-0.4, -0.2) is 43.3 Å². The van der Waals surface area contributed by atoms with Gasteiger partial charge in [0.05, 0.1) is 23.5 Å². The Morgan fingerprint density at radius 1 is 0.900 bits per heavy atom. The molecule has 0 aromatic heterocycles. The monoisotopic (exact) mass is 437 g/mol. The van der Waals surface area contributed by atoms with Gasteiger partial charge in [0.1, 0.15) is 5.75 Å². The summed E-state index contributed by atoms with van der Waals surface area (Å²) >= 11 is 12.1. The first-order valence-electron chi connectivity index (χ1n) is 9.94. The van der Waals surface area contributed by atoms with Gasteiger partial charge in [-0.3, -0.25) is 0 Å². The third kappa shape index (κ3) is 4.53. The van der Waals surface area contributed by atoms with Crippen molar-refractivity contribution in [2.75, 3.05) is 43.5 Å². The number of nitrogens with one attached hydrogen (secondary N) is 1. The number of benzene rings is 3. The van der Waals surface area contributed by atoms with E-state index < -0.39 is 0 Å². The third-order valence-corrected chi connectivity index (χ3v) is 5.99. The SMILES string of the molecule is COc1ccc(-c2ccccc2)cc1NC(=S)N1CCN(c2ccccc2Cl)CC1. The molecule has 1 aliphatic heterocycles. The van der Waals surface area contributed by atoms with Crippen molar-refractivity contribution in [3.8, 4) is 16.9 Å². The highest BCUT2D eigenvalue weighted by Gasteiger charge is 2.21. The summed E-state index contributed by atoms with van der Waals surface area (Å²) in [5, 5.41) is 4.89. The highest BCUT2D eigenvalue weighted by atomic mass is 35.5. The average Bonchev–Trinajstić information content (AvgIpc) is 2.80. The first kappa shape index (κ1) is 20.5. The van der Waals surface area contributed by atoms with Gasteiger partial charge < -0.3 is 19.9 Å². The Bertz CT molecular complexity index is 1020. The van der Waals surface area contributed by atoms with E-state index in [9.17, 15) is 0 Å². The number of piperazine rings is 1. The lowest BCUT2D eigenvalue weighted by atomic mass is 10.0. The van der Waals surface area contributed by atoms with Crippen molar-refractivity contribution in [1.29, 1.82) is 0 Å². The third-order valence-electron chi connectivity index (χ3n) is 5.31. The lowest BCUT2D eigenvalue weighted by molar-refractivity contribution is 0.390. The second-order valence-corrected chi connectivity index (χ2v) is 7.93. The van der Waals surface area contributed by atoms with Gasteiger partial charge in [-0.1, -0.05) is 60.1 Å². The molecule has 0 bridgehead atoms. The van der Waals surface area contributed by atoms with Gasteiger partial charge in [0, 0.05) is 26.2 Å². The van der Waals surface area contributed by atoms with E-state index in [1.54, 1.807) is 7.11 Å². The molecule has 4 nitrogen and oxygen atoms in total. The predicted octanol–water partition coefficient (Wildman–Crippen LogP) is 5.53. The van der Waals surface area contributed by atoms with E-state index in [0.717, 1.165) is 59.5 Å². The molecule has 0 saturated carbocycles. The van der Waals surface area contributed by atoms with E-state index in [-0.39, 0.29) is 0 Å². The van der Waals surface area contributed by atoms with Crippen molar-refractivity contribution in [2.24, 2.45) is 0 Å². The van der Waals surface area contributed by atoms with Gasteiger partial charge in [0.25, 0.3) is 0 Å². The van der Waals surface area contributed by atoms with Crippen LogP contribution in [0.25, 0.3) is 11.1 Å². The predicted molar refractivity (Wildman–Crippen MR) is 130 cm³/mol. The summed E-state index contributed by atoms with van der Waals surface area (Å²) in [5.41, 5.74) is 4.22. The van der Waals surface area contributed by atoms with Crippen molar-refractivity contribution in [2.45, 2.75) is 0 Å². The molecular weight excluding hydrogens is 414 g/mol. The molecule has 1 aliphatic rings. The van der Waals surface area contributed by atoms with Crippen molar-refractivity contribution in [3.05, 3.63) is 77.8 Å². The summed E-state index contributed by atoms with van der Waals surface area (Å²) < 4.78 is 5.55. The lowest BCUT2D eigenvalue weighted by Crippen LogP contribution is -2.50. The van der Waals surface area contributed by atoms with Gasteiger partial charge in [-0.15, -0.1) is 0 Å². The Balaban J connectivity index is 1.45. The van der Waals surface area contributed by atoms with Crippen LogP contribution in [0.5, 0.6) is 5.75 Å². The number of rotatable bonds is 4. The second-order valence-electron chi connectivity index (χ2n) is 7.14. The van der Waals surface area contributed by atoms with Gasteiger partial charge >= 0.3 is 0 Å². The number of nitrogens with zero attached hydrogens (tertiary/aromatic N) is 2. The van der Waals surface area contributed by atoms with Crippen LogP contribution in [0.2, 0.25) is 5.02 Å². The van der Waals surface area contributed by atoms with Crippen LogP contribution in [0.4, 0.5) is 11.4 Å². The summed E-state index contributed by atoms with van der Waals surface area (Å²) in [6, 6.07) is 24.4. The molecule has 0 radical (unpaired) electrons. The molecule has 1 saturated heterocycles. The standard InChI is InChI=1S/C24H24ClN3OS/c1-29-23-12-11-19(18-7-3-2-4-8-18)17-21(23)26-24(30)28-15-13-27(14-16-28)22-10-6-5-9-20(22)25/h2-12,17H,13-16H2,1H3,(H,26,30). The number of methoxy groups -OCH3 is 1. The number of para-hydroxylation sites is 1. The first-order valence-corrected chi connectivity index (χ1v) is 10.7. The minimum absolute atomic E-state index is 0.706. The fourth-order valence-corrected chi connectivity index (χ4v) is 4.22. The summed E-state index contributed by atoms with van der Waals surface area (Å²) in [6.45, 7) is 3.40. The summed E-state index contributed by atoms with van der Waals surface area (Å²) in [7, 11) is 1.67. The molecule has 30 heavy (non-hydrogen) atoms. The first-order chi connectivity index (χ1) is 14.7. The summed E-state index contributed by atoms with van der Waals surface area (Å²) in [6.07, 6.45) is 0. The van der Waals surface area contributed by atoms with E-state index >= 15 is 0 Å². The van der Waals surface area contributed by atoms with Crippen LogP contribution >= 0.6 is 23.8 Å². The number of ether oxygens (including phenoxy) is 1. The zero-order valence-corrected chi connectivity index (χ0v) is 18.4. The van der Waals surface area contributed by atoms with Gasteiger partial charge in [0.2, 0.25) is 0 Å². The number of hydrogen-bond acceptors (Lipinski definition) is 3. The summed E-state index contributed by atoms with van der Waals surface area (Å²) in [5.74, 6) is 0.770. The minimum atomic E-state index is 0.706. The number of thiocarbonyl (C=S) groups is 1. The fraction of sp³-hybridized carbons (Fsp3) is 0.208. The molecule has 6 heteroatoms. The Kier molecular flexibility index (Phi) is 6.41. The van der Waals surface area contributed by atoms with Crippen molar-refractivity contribution < 1.29 is 4.74 Å². The smallest absolute Gasteiger partial charge is 0.173 e. The Labute approximate surface area is 188 Å². The maximum absolute atomic E-state index is 6.36. The largest absolute Gasteiger partial charge is 0.495 e. The molecule has 0 atom stereocenters. The average molecular weight is 438 g/mol. The van der Waals surface area contributed by atoms with Crippen LogP contribution in [0.1, 0.15) is 0 Å². The topological polar surface area (TPSA) is 27.7 Å². The maximum Gasteiger partial charge on any atom is 0.173 e. The normalized spacial score (nSPS) is 13.8. The molecule has 0 amide bonds. The number of halogens is 1. The Morgan fingerprint density at radius 2 is 1.60 bits per heavy atom. The molecule has 154 valence electrons. The maximum atomic E-state index is 6.36. The molecule has 0 spiro atoms. The zero-order chi connectivity index (χ0) is 20.9. The Morgan fingerprint density at radius 3 is 2.30 bits per heavy atom. The van der Waals surface area contributed by atoms with E-state index in [2.05, 4.69) is 45.4 Å². The molecule has 3 aromatic rings. The highest BCUT2D eigenvalue weighted by Crippen LogP contribution is 2.31. The number of anilines is 2. The molecule has 1 heterocycles. The second kappa shape index (κ2) is 9.37. The molecule has 1 N–H and O–H groups in total. The van der Waals surface area contributed by atoms with E-state index in [4.69, 9.17) is 28.6 Å². The van der Waals surface area contributed by atoms with Crippen molar-refractivity contribution in [1.82, 2.24) is 4.90 Å². The lowest BCUT2D eigenvalue weighted by Gasteiger charge is -2.37. The van der Waals surface area contributed by atoms with E-state index in [1.807, 2.05) is 42.5 Å². The quantitative estimate of drug-likeness (QED) is 0.541. The fourth-order valence-electron chi connectivity index (χ4n) is 3.67. The van der Waals surface area contributed by atoms with E-state index in [0.29, 0.717) is 5.11 Å². The molecule has 3 aromatic carbocycles.